The van der Waals surface area contributed by atoms with Crippen molar-refractivity contribution in [1.82, 2.24) is 10.6 Å². The van der Waals surface area contributed by atoms with Crippen LogP contribution < -0.4 is 15.5 Å². The molecule has 0 aliphatic heterocycles. The van der Waals surface area contributed by atoms with E-state index in [1.807, 2.05) is 32.3 Å². The van der Waals surface area contributed by atoms with E-state index in [1.165, 1.54) is 6.07 Å². The summed E-state index contributed by atoms with van der Waals surface area (Å²) in [4.78, 5) is 5.92. The number of furan rings is 1. The van der Waals surface area contributed by atoms with E-state index in [0.717, 1.165) is 24.3 Å². The van der Waals surface area contributed by atoms with Crippen molar-refractivity contribution in [3.63, 3.8) is 0 Å². The van der Waals surface area contributed by atoms with Gasteiger partial charge in [-0.2, -0.15) is 0 Å². The van der Waals surface area contributed by atoms with Crippen LogP contribution in [0.5, 0.6) is 0 Å². The molecule has 0 aliphatic rings. The second-order valence-electron chi connectivity index (χ2n) is 6.02. The number of ether oxygens (including phenoxy) is 1. The van der Waals surface area contributed by atoms with Crippen molar-refractivity contribution in [2.24, 2.45) is 4.99 Å². The molecule has 0 aliphatic carbocycles. The molecule has 1 aromatic heterocycles. The van der Waals surface area contributed by atoms with E-state index in [0.29, 0.717) is 31.4 Å². The average molecular weight is 490 g/mol. The third-order valence-corrected chi connectivity index (χ3v) is 3.76. The molecule has 2 rings (SSSR count). The molecule has 2 N–H and O–H groups in total. The molecule has 0 spiro atoms. The maximum Gasteiger partial charge on any atom is 0.191 e. The topological polar surface area (TPSA) is 62.0 Å². The molecular formula is C19H28FIN4O2. The second-order valence-corrected chi connectivity index (χ2v) is 6.02. The van der Waals surface area contributed by atoms with Crippen molar-refractivity contribution in [2.45, 2.75) is 19.6 Å². The van der Waals surface area contributed by atoms with Gasteiger partial charge in [-0.15, -0.1) is 24.0 Å². The molecule has 0 unspecified atom stereocenters. The SMILES string of the molecule is CN=C(NCCCOCc1ccco1)NCc1ccc(N(C)C)c(F)c1.I. The molecule has 6 nitrogen and oxygen atoms in total. The Kier molecular flexibility index (Phi) is 10.8. The maximum absolute atomic E-state index is 14.0. The number of halogens is 2. The summed E-state index contributed by atoms with van der Waals surface area (Å²) in [6.07, 6.45) is 2.48. The first kappa shape index (κ1) is 23.2. The second kappa shape index (κ2) is 12.6. The van der Waals surface area contributed by atoms with Gasteiger partial charge >= 0.3 is 0 Å². The lowest BCUT2D eigenvalue weighted by Crippen LogP contribution is -2.37. The van der Waals surface area contributed by atoms with Crippen LogP contribution in [0.2, 0.25) is 0 Å². The van der Waals surface area contributed by atoms with Gasteiger partial charge in [0, 0.05) is 40.8 Å². The average Bonchev–Trinajstić information content (AvgIpc) is 3.13. The summed E-state index contributed by atoms with van der Waals surface area (Å²) in [7, 11) is 5.35. The van der Waals surface area contributed by atoms with Gasteiger partial charge in [0.1, 0.15) is 18.2 Å². The fraction of sp³-hybridized carbons (Fsp3) is 0.421. The number of hydrogen-bond acceptors (Lipinski definition) is 4. The molecule has 8 heteroatoms. The quantitative estimate of drug-likeness (QED) is 0.244. The first-order valence-corrected chi connectivity index (χ1v) is 8.60. The smallest absolute Gasteiger partial charge is 0.191 e. The predicted octanol–water partition coefficient (Wildman–Crippen LogP) is 3.37. The number of nitrogens with zero attached hydrogens (tertiary/aromatic N) is 2. The zero-order valence-electron chi connectivity index (χ0n) is 16.0. The number of anilines is 1. The van der Waals surface area contributed by atoms with Gasteiger partial charge in [0.25, 0.3) is 0 Å². The summed E-state index contributed by atoms with van der Waals surface area (Å²) >= 11 is 0. The van der Waals surface area contributed by atoms with Gasteiger partial charge in [-0.05, 0) is 36.2 Å². The van der Waals surface area contributed by atoms with Crippen molar-refractivity contribution >= 4 is 35.6 Å². The lowest BCUT2D eigenvalue weighted by Gasteiger charge is -2.15. The Bertz CT molecular complexity index is 693. The number of guanidine groups is 1. The van der Waals surface area contributed by atoms with Crippen molar-refractivity contribution in [3.05, 3.63) is 53.7 Å². The molecule has 1 aromatic carbocycles. The molecule has 0 radical (unpaired) electrons. The van der Waals surface area contributed by atoms with E-state index in [2.05, 4.69) is 15.6 Å². The van der Waals surface area contributed by atoms with Crippen molar-refractivity contribution < 1.29 is 13.5 Å². The maximum atomic E-state index is 14.0. The fourth-order valence-electron chi connectivity index (χ4n) is 2.38. The zero-order chi connectivity index (χ0) is 18.8. The van der Waals surface area contributed by atoms with E-state index >= 15 is 0 Å². The van der Waals surface area contributed by atoms with E-state index < -0.39 is 0 Å². The Morgan fingerprint density at radius 2 is 2.07 bits per heavy atom. The number of hydrogen-bond donors (Lipinski definition) is 2. The fourth-order valence-corrected chi connectivity index (χ4v) is 2.38. The Morgan fingerprint density at radius 1 is 1.26 bits per heavy atom. The van der Waals surface area contributed by atoms with Gasteiger partial charge in [0.2, 0.25) is 0 Å². The summed E-state index contributed by atoms with van der Waals surface area (Å²) in [5.41, 5.74) is 1.43. The van der Waals surface area contributed by atoms with Crippen LogP contribution in [0.25, 0.3) is 0 Å². The Morgan fingerprint density at radius 3 is 2.70 bits per heavy atom. The van der Waals surface area contributed by atoms with Gasteiger partial charge in [-0.25, -0.2) is 4.39 Å². The minimum atomic E-state index is -0.231. The monoisotopic (exact) mass is 490 g/mol. The van der Waals surface area contributed by atoms with Crippen LogP contribution in [0.4, 0.5) is 10.1 Å². The molecule has 0 atom stereocenters. The largest absolute Gasteiger partial charge is 0.467 e. The number of benzene rings is 1. The zero-order valence-corrected chi connectivity index (χ0v) is 18.3. The van der Waals surface area contributed by atoms with Crippen LogP contribution in [0.1, 0.15) is 17.7 Å². The van der Waals surface area contributed by atoms with Gasteiger partial charge in [0.15, 0.2) is 5.96 Å². The molecule has 2 aromatic rings. The molecule has 0 fully saturated rings. The first-order valence-electron chi connectivity index (χ1n) is 8.60. The predicted molar refractivity (Wildman–Crippen MR) is 117 cm³/mol. The first-order chi connectivity index (χ1) is 12.6. The molecule has 150 valence electrons. The van der Waals surface area contributed by atoms with Crippen molar-refractivity contribution in [1.29, 1.82) is 0 Å². The van der Waals surface area contributed by atoms with Crippen LogP contribution in [-0.4, -0.2) is 40.3 Å². The van der Waals surface area contributed by atoms with Crippen molar-refractivity contribution in [2.75, 3.05) is 39.2 Å². The highest BCUT2D eigenvalue weighted by Crippen LogP contribution is 2.18. The lowest BCUT2D eigenvalue weighted by molar-refractivity contribution is 0.105. The number of aliphatic imine (C=N–C) groups is 1. The third-order valence-electron chi connectivity index (χ3n) is 3.76. The van der Waals surface area contributed by atoms with Gasteiger partial charge in [-0.3, -0.25) is 4.99 Å². The summed E-state index contributed by atoms with van der Waals surface area (Å²) in [5, 5.41) is 6.39. The number of nitrogens with one attached hydrogen (secondary N) is 2. The van der Waals surface area contributed by atoms with Crippen LogP contribution in [0, 0.1) is 5.82 Å². The number of rotatable bonds is 9. The summed E-state index contributed by atoms with van der Waals surface area (Å²) in [6.45, 7) is 2.33. The van der Waals surface area contributed by atoms with E-state index in [4.69, 9.17) is 9.15 Å². The van der Waals surface area contributed by atoms with Crippen LogP contribution in [0.15, 0.2) is 46.0 Å². The normalized spacial score (nSPS) is 11.0. The van der Waals surface area contributed by atoms with Crippen molar-refractivity contribution in [3.8, 4) is 0 Å². The Balaban J connectivity index is 0.00000364. The molecule has 0 saturated carbocycles. The summed E-state index contributed by atoms with van der Waals surface area (Å²) < 4.78 is 24.7. The highest BCUT2D eigenvalue weighted by molar-refractivity contribution is 14.0. The molecule has 0 saturated heterocycles. The Hall–Kier alpha value is -1.81. The van der Waals surface area contributed by atoms with E-state index in [-0.39, 0.29) is 29.8 Å². The minimum Gasteiger partial charge on any atom is -0.467 e. The Labute approximate surface area is 177 Å². The van der Waals surface area contributed by atoms with Crippen LogP contribution >= 0.6 is 24.0 Å². The molecular weight excluding hydrogens is 462 g/mol. The summed E-state index contributed by atoms with van der Waals surface area (Å²) in [5.74, 6) is 1.27. The molecule has 27 heavy (non-hydrogen) atoms. The van der Waals surface area contributed by atoms with Crippen LogP contribution in [0.3, 0.4) is 0 Å². The highest BCUT2D eigenvalue weighted by atomic mass is 127. The molecule has 0 amide bonds. The van der Waals surface area contributed by atoms with Gasteiger partial charge in [-0.1, -0.05) is 6.07 Å². The highest BCUT2D eigenvalue weighted by Gasteiger charge is 2.06. The summed E-state index contributed by atoms with van der Waals surface area (Å²) in [6, 6.07) is 8.95. The van der Waals surface area contributed by atoms with E-state index in [9.17, 15) is 4.39 Å². The lowest BCUT2D eigenvalue weighted by atomic mass is 10.2. The van der Waals surface area contributed by atoms with Crippen LogP contribution in [-0.2, 0) is 17.9 Å². The molecule has 1 heterocycles. The third kappa shape index (κ3) is 8.17. The minimum absolute atomic E-state index is 0. The standard InChI is InChI=1S/C19H27FN4O2.HI/c1-21-19(22-9-5-10-25-14-16-6-4-11-26-16)23-13-15-7-8-18(24(2)3)17(20)12-15;/h4,6-8,11-12H,5,9-10,13-14H2,1-3H3,(H2,21,22,23);1H. The van der Waals surface area contributed by atoms with Gasteiger partial charge < -0.3 is 24.7 Å². The van der Waals surface area contributed by atoms with Gasteiger partial charge in [0.05, 0.1) is 12.0 Å². The van der Waals surface area contributed by atoms with E-state index in [1.54, 1.807) is 24.3 Å². The molecule has 0 bridgehead atoms.